The fourth-order valence-electron chi connectivity index (χ4n) is 1.15. The Labute approximate surface area is 105 Å². The summed E-state index contributed by atoms with van der Waals surface area (Å²) in [4.78, 5) is 10.7. The molecule has 0 aromatic heterocycles. The zero-order chi connectivity index (χ0) is 12.5. The highest BCUT2D eigenvalue weighted by atomic mass is 79.9. The van der Waals surface area contributed by atoms with Gasteiger partial charge in [-0.1, -0.05) is 15.9 Å². The Hall–Kier alpha value is -0.490. The quantitative estimate of drug-likeness (QED) is 0.645. The molecule has 16 heavy (non-hydrogen) atoms. The number of carbonyl (C=O) groups excluding carboxylic acids is 1. The third-order valence-electron chi connectivity index (χ3n) is 1.98. The number of hydrogen-bond acceptors (Lipinski definition) is 2. The van der Waals surface area contributed by atoms with Crippen LogP contribution in [0.15, 0.2) is 23.1 Å². The normalized spacial score (nSPS) is 13.6. The maximum absolute atomic E-state index is 12.4. The molecular weight excluding hydrogens is 305 g/mol. The van der Waals surface area contributed by atoms with E-state index in [1.165, 1.54) is 13.0 Å². The highest BCUT2D eigenvalue weighted by molar-refractivity contribution is 9.09. The second-order valence-electron chi connectivity index (χ2n) is 3.24. The number of rotatable bonds is 2. The summed E-state index contributed by atoms with van der Waals surface area (Å²) in [6.07, 6.45) is -4.42. The number of thiol groups is 1. The van der Waals surface area contributed by atoms with Crippen molar-refractivity contribution < 1.29 is 18.0 Å². The fourth-order valence-corrected chi connectivity index (χ4v) is 1.98. The molecule has 0 aliphatic heterocycles. The van der Waals surface area contributed by atoms with E-state index in [1.807, 2.05) is 0 Å². The van der Waals surface area contributed by atoms with Gasteiger partial charge in [-0.3, -0.25) is 4.79 Å². The lowest BCUT2D eigenvalue weighted by Crippen LogP contribution is -2.08. The molecule has 0 saturated heterocycles. The summed E-state index contributed by atoms with van der Waals surface area (Å²) < 4.78 is 37.3. The largest absolute Gasteiger partial charge is 0.416 e. The Morgan fingerprint density at radius 3 is 2.44 bits per heavy atom. The van der Waals surface area contributed by atoms with Crippen LogP contribution in [0.3, 0.4) is 0 Å². The minimum absolute atomic E-state index is 0.227. The molecule has 1 aromatic rings. The predicted octanol–water partition coefficient (Wildman–Crippen LogP) is 4.02. The number of Topliss-reactive ketones (excluding diaryl/α,β-unsaturated/α-hetero) is 1. The summed E-state index contributed by atoms with van der Waals surface area (Å²) in [7, 11) is 0. The summed E-state index contributed by atoms with van der Waals surface area (Å²) in [6, 6.07) is 3.10. The molecule has 0 spiro atoms. The Kier molecular flexibility index (Phi) is 4.07. The molecule has 0 bridgehead atoms. The first kappa shape index (κ1) is 13.6. The Morgan fingerprint density at radius 2 is 2.00 bits per heavy atom. The van der Waals surface area contributed by atoms with Crippen LogP contribution in [0.1, 0.15) is 22.9 Å². The molecule has 0 fully saturated rings. The Bertz CT molecular complexity index is 417. The minimum Gasteiger partial charge on any atom is -0.298 e. The van der Waals surface area contributed by atoms with Gasteiger partial charge in [-0.25, -0.2) is 0 Å². The van der Waals surface area contributed by atoms with E-state index in [-0.39, 0.29) is 11.3 Å². The van der Waals surface area contributed by atoms with Gasteiger partial charge in [-0.2, -0.15) is 13.2 Å². The highest BCUT2D eigenvalue weighted by Crippen LogP contribution is 2.35. The van der Waals surface area contributed by atoms with Crippen molar-refractivity contribution in [3.8, 4) is 0 Å². The van der Waals surface area contributed by atoms with Gasteiger partial charge in [0.25, 0.3) is 0 Å². The summed E-state index contributed by atoms with van der Waals surface area (Å²) in [5.41, 5.74) is -0.559. The van der Waals surface area contributed by atoms with E-state index in [9.17, 15) is 18.0 Å². The van der Waals surface area contributed by atoms with E-state index in [0.29, 0.717) is 4.90 Å². The summed E-state index contributed by atoms with van der Waals surface area (Å²) >= 11 is 7.06. The molecule has 0 N–H and O–H groups in total. The lowest BCUT2D eigenvalue weighted by Gasteiger charge is -2.13. The minimum atomic E-state index is -4.42. The summed E-state index contributed by atoms with van der Waals surface area (Å²) in [5.74, 6) is -0.269. The van der Waals surface area contributed by atoms with Crippen molar-refractivity contribution in [3.05, 3.63) is 29.3 Å². The zero-order valence-electron chi connectivity index (χ0n) is 8.18. The number of carbonyl (C=O) groups is 1. The molecule has 1 aromatic carbocycles. The lowest BCUT2D eigenvalue weighted by atomic mass is 10.1. The molecule has 6 heteroatoms. The van der Waals surface area contributed by atoms with Crippen molar-refractivity contribution in [2.75, 3.05) is 0 Å². The van der Waals surface area contributed by atoms with E-state index in [0.717, 1.165) is 12.1 Å². The molecule has 0 amide bonds. The van der Waals surface area contributed by atoms with Gasteiger partial charge in [0.2, 0.25) is 0 Å². The van der Waals surface area contributed by atoms with E-state index in [4.69, 9.17) is 0 Å². The third kappa shape index (κ3) is 3.01. The first-order valence-electron chi connectivity index (χ1n) is 4.28. The van der Waals surface area contributed by atoms with Crippen molar-refractivity contribution in [3.63, 3.8) is 0 Å². The molecule has 88 valence electrons. The van der Waals surface area contributed by atoms with Crippen LogP contribution in [0.25, 0.3) is 0 Å². The van der Waals surface area contributed by atoms with E-state index in [1.54, 1.807) is 0 Å². The van der Waals surface area contributed by atoms with Crippen molar-refractivity contribution in [2.45, 2.75) is 22.8 Å². The van der Waals surface area contributed by atoms with Gasteiger partial charge in [-0.05, 0) is 30.7 Å². The smallest absolute Gasteiger partial charge is 0.298 e. The molecule has 1 unspecified atom stereocenters. The van der Waals surface area contributed by atoms with Gasteiger partial charge in [0.05, 0.1) is 10.4 Å². The first-order valence-corrected chi connectivity index (χ1v) is 5.64. The van der Waals surface area contributed by atoms with E-state index in [2.05, 4.69) is 28.6 Å². The topological polar surface area (TPSA) is 17.1 Å². The van der Waals surface area contributed by atoms with Crippen LogP contribution < -0.4 is 0 Å². The monoisotopic (exact) mass is 312 g/mol. The molecule has 0 radical (unpaired) electrons. The number of alkyl halides is 4. The standard InChI is InChI=1S/C10H8BrF3OS/c1-5(15)9(11)7-4-6(10(12,13)14)2-3-8(7)16/h2-4,9,16H,1H3. The maximum atomic E-state index is 12.4. The van der Waals surface area contributed by atoms with E-state index >= 15 is 0 Å². The van der Waals surface area contributed by atoms with Crippen molar-refractivity contribution in [1.82, 2.24) is 0 Å². The van der Waals surface area contributed by atoms with Gasteiger partial charge < -0.3 is 0 Å². The molecule has 1 nitrogen and oxygen atoms in total. The molecular formula is C10H8BrF3OS. The molecule has 0 aliphatic carbocycles. The van der Waals surface area contributed by atoms with Crippen molar-refractivity contribution >= 4 is 34.3 Å². The van der Waals surface area contributed by atoms with Crippen LogP contribution in [0.4, 0.5) is 13.2 Å². The summed E-state index contributed by atoms with van der Waals surface area (Å²) in [5, 5.41) is 0. The van der Waals surface area contributed by atoms with Crippen molar-refractivity contribution in [2.24, 2.45) is 0 Å². The molecule has 0 aliphatic rings. The average molecular weight is 313 g/mol. The van der Waals surface area contributed by atoms with Crippen LogP contribution in [-0.4, -0.2) is 5.78 Å². The Balaban J connectivity index is 3.24. The van der Waals surface area contributed by atoms with Gasteiger partial charge in [0.15, 0.2) is 0 Å². The van der Waals surface area contributed by atoms with Crippen LogP contribution in [0, 0.1) is 0 Å². The number of hydrogen-bond donors (Lipinski definition) is 1. The molecule has 0 saturated carbocycles. The van der Waals surface area contributed by atoms with E-state index < -0.39 is 16.6 Å². The SMILES string of the molecule is CC(=O)C(Br)c1cc(C(F)(F)F)ccc1S. The van der Waals surface area contributed by atoms with Gasteiger partial charge >= 0.3 is 6.18 Å². The fraction of sp³-hybridized carbons (Fsp3) is 0.300. The lowest BCUT2D eigenvalue weighted by molar-refractivity contribution is -0.137. The van der Waals surface area contributed by atoms with Crippen molar-refractivity contribution in [1.29, 1.82) is 0 Å². The molecule has 0 heterocycles. The first-order chi connectivity index (χ1) is 7.23. The maximum Gasteiger partial charge on any atom is 0.416 e. The molecule has 1 rings (SSSR count). The van der Waals surface area contributed by atoms with Crippen LogP contribution in [-0.2, 0) is 11.0 Å². The second-order valence-corrected chi connectivity index (χ2v) is 4.64. The number of halogens is 4. The zero-order valence-corrected chi connectivity index (χ0v) is 10.7. The highest BCUT2D eigenvalue weighted by Gasteiger charge is 2.31. The molecule has 1 atom stereocenters. The van der Waals surface area contributed by atoms with Crippen LogP contribution in [0.2, 0.25) is 0 Å². The van der Waals surface area contributed by atoms with Gasteiger partial charge in [-0.15, -0.1) is 12.6 Å². The second kappa shape index (κ2) is 4.79. The number of ketones is 1. The average Bonchev–Trinajstić information content (AvgIpc) is 2.15. The predicted molar refractivity (Wildman–Crippen MR) is 61.0 cm³/mol. The third-order valence-corrected chi connectivity index (χ3v) is 3.53. The van der Waals surface area contributed by atoms with Gasteiger partial charge in [0.1, 0.15) is 5.78 Å². The summed E-state index contributed by atoms with van der Waals surface area (Å²) in [6.45, 7) is 1.30. The van der Waals surface area contributed by atoms with Crippen LogP contribution >= 0.6 is 28.6 Å². The Morgan fingerprint density at radius 1 is 1.44 bits per heavy atom. The van der Waals surface area contributed by atoms with Gasteiger partial charge in [0, 0.05) is 4.90 Å². The number of benzene rings is 1. The van der Waals surface area contributed by atoms with Crippen LogP contribution in [0.5, 0.6) is 0 Å².